The van der Waals surface area contributed by atoms with Crippen LogP contribution < -0.4 is 15.0 Å². The minimum absolute atomic E-state index is 0.0444. The van der Waals surface area contributed by atoms with Crippen LogP contribution in [0.3, 0.4) is 0 Å². The molecule has 0 radical (unpaired) electrons. The second-order valence-electron chi connectivity index (χ2n) is 9.15. The lowest BCUT2D eigenvalue weighted by Gasteiger charge is -2.20. The Morgan fingerprint density at radius 1 is 1.31 bits per heavy atom. The molecular formula is C21H27ClN8O2. The number of fused-ring (bicyclic) bond motifs is 1. The average Bonchev–Trinajstić information content (AvgIpc) is 3.33. The lowest BCUT2D eigenvalue weighted by Crippen LogP contribution is -2.35. The Bertz CT molecular complexity index is 1130. The monoisotopic (exact) mass is 458 g/mol. The van der Waals surface area contributed by atoms with Gasteiger partial charge in [0, 0.05) is 32.3 Å². The molecule has 0 unspecified atom stereocenters. The predicted molar refractivity (Wildman–Crippen MR) is 121 cm³/mol. The maximum Gasteiger partial charge on any atom is 0.320 e. The third-order valence-corrected chi connectivity index (χ3v) is 5.25. The fraction of sp³-hybridized carbons (Fsp3) is 0.524. The highest BCUT2D eigenvalue weighted by atomic mass is 35.5. The van der Waals surface area contributed by atoms with Crippen molar-refractivity contribution in [3.05, 3.63) is 29.0 Å². The molecule has 3 aromatic rings. The highest BCUT2D eigenvalue weighted by molar-refractivity contribution is 6.31. The molecule has 0 aromatic carbocycles. The Labute approximate surface area is 191 Å². The molecule has 0 saturated carbocycles. The minimum atomic E-state index is -0.0457. The van der Waals surface area contributed by atoms with E-state index in [2.05, 4.69) is 56.1 Å². The van der Waals surface area contributed by atoms with Crippen molar-refractivity contribution in [2.45, 2.75) is 46.7 Å². The summed E-state index contributed by atoms with van der Waals surface area (Å²) in [6.07, 6.45) is 2.50. The highest BCUT2D eigenvalue weighted by Gasteiger charge is 2.28. The zero-order valence-corrected chi connectivity index (χ0v) is 19.4. The van der Waals surface area contributed by atoms with Crippen molar-refractivity contribution in [1.29, 1.82) is 0 Å². The Hall–Kier alpha value is -3.01. The van der Waals surface area contributed by atoms with Crippen LogP contribution in [0.2, 0.25) is 5.02 Å². The van der Waals surface area contributed by atoms with Crippen molar-refractivity contribution in [3.63, 3.8) is 0 Å². The van der Waals surface area contributed by atoms with Gasteiger partial charge in [-0.25, -0.2) is 0 Å². The van der Waals surface area contributed by atoms with Gasteiger partial charge in [-0.2, -0.15) is 14.8 Å². The molecular weight excluding hydrogens is 432 g/mol. The molecule has 1 atom stereocenters. The van der Waals surface area contributed by atoms with E-state index in [0.29, 0.717) is 47.4 Å². The molecule has 170 valence electrons. The van der Waals surface area contributed by atoms with Crippen molar-refractivity contribution < 1.29 is 9.53 Å². The minimum Gasteiger partial charge on any atom is -0.463 e. The van der Waals surface area contributed by atoms with Gasteiger partial charge in [-0.05, 0) is 24.0 Å². The molecule has 10 nitrogen and oxygen atoms in total. The Morgan fingerprint density at radius 3 is 2.84 bits per heavy atom. The zero-order chi connectivity index (χ0) is 22.9. The van der Waals surface area contributed by atoms with Gasteiger partial charge >= 0.3 is 6.01 Å². The maximum atomic E-state index is 11.5. The van der Waals surface area contributed by atoms with Crippen LogP contribution in [-0.4, -0.2) is 61.6 Å². The molecule has 0 bridgehead atoms. The summed E-state index contributed by atoms with van der Waals surface area (Å²) < 4.78 is 5.89. The van der Waals surface area contributed by atoms with Crippen molar-refractivity contribution in [1.82, 2.24) is 35.3 Å². The van der Waals surface area contributed by atoms with E-state index in [4.69, 9.17) is 16.3 Å². The number of nitrogens with zero attached hydrogens (tertiary/aromatic N) is 7. The number of halogens is 1. The summed E-state index contributed by atoms with van der Waals surface area (Å²) in [6, 6.07) is 3.87. The van der Waals surface area contributed by atoms with Crippen molar-refractivity contribution in [2.24, 2.45) is 5.41 Å². The van der Waals surface area contributed by atoms with E-state index >= 15 is 0 Å². The van der Waals surface area contributed by atoms with Crippen molar-refractivity contribution in [2.75, 3.05) is 24.6 Å². The summed E-state index contributed by atoms with van der Waals surface area (Å²) in [5.74, 6) is 0.599. The first kappa shape index (κ1) is 22.2. The number of amides is 1. The molecule has 32 heavy (non-hydrogen) atoms. The third kappa shape index (κ3) is 5.24. The van der Waals surface area contributed by atoms with Gasteiger partial charge in [0.25, 0.3) is 0 Å². The number of carbonyl (C=O) groups is 1. The van der Waals surface area contributed by atoms with Gasteiger partial charge in [0.2, 0.25) is 11.6 Å². The number of hydrogen-bond donors (Lipinski definition) is 1. The number of anilines is 1. The quantitative estimate of drug-likeness (QED) is 0.599. The first-order valence-electron chi connectivity index (χ1n) is 10.5. The Kier molecular flexibility index (Phi) is 6.14. The van der Waals surface area contributed by atoms with E-state index in [-0.39, 0.29) is 23.4 Å². The molecule has 0 spiro atoms. The lowest BCUT2D eigenvalue weighted by atomic mass is 9.99. The van der Waals surface area contributed by atoms with Crippen LogP contribution in [0.1, 0.15) is 39.8 Å². The van der Waals surface area contributed by atoms with Crippen molar-refractivity contribution in [3.8, 4) is 6.01 Å². The van der Waals surface area contributed by atoms with Crippen LogP contribution >= 0.6 is 11.6 Å². The standard InChI is InChI=1S/C21H27ClN8O2/c1-13(31)24-14-7-9-29(10-14)19-17-18(25-20(26-19)32-12-21(2,3)4)28-30(27-17)11-16-15(22)6-5-8-23-16/h5-6,8,14H,7,9-12H2,1-4H3,(H,24,31)/t14-/m0/s1. The Balaban J connectivity index is 1.68. The van der Waals surface area contributed by atoms with E-state index < -0.39 is 0 Å². The van der Waals surface area contributed by atoms with Crippen LogP contribution in [0.4, 0.5) is 5.82 Å². The average molecular weight is 459 g/mol. The van der Waals surface area contributed by atoms with Crippen LogP contribution in [0, 0.1) is 5.41 Å². The van der Waals surface area contributed by atoms with E-state index in [1.165, 1.54) is 11.7 Å². The molecule has 1 amide bonds. The second kappa shape index (κ2) is 8.85. The molecule has 4 heterocycles. The summed E-state index contributed by atoms with van der Waals surface area (Å²) in [7, 11) is 0. The smallest absolute Gasteiger partial charge is 0.320 e. The van der Waals surface area contributed by atoms with Gasteiger partial charge in [0.05, 0.1) is 17.3 Å². The summed E-state index contributed by atoms with van der Waals surface area (Å²) in [6.45, 7) is 9.90. The van der Waals surface area contributed by atoms with Gasteiger partial charge in [0.1, 0.15) is 6.54 Å². The van der Waals surface area contributed by atoms with E-state index in [1.54, 1.807) is 18.3 Å². The molecule has 4 rings (SSSR count). The fourth-order valence-corrected chi connectivity index (χ4v) is 3.66. The molecule has 1 aliphatic heterocycles. The predicted octanol–water partition coefficient (Wildman–Crippen LogP) is 2.46. The molecule has 3 aromatic heterocycles. The first-order chi connectivity index (χ1) is 15.2. The third-order valence-electron chi connectivity index (χ3n) is 4.91. The number of carbonyl (C=O) groups excluding carboxylic acids is 1. The number of hydrogen-bond acceptors (Lipinski definition) is 8. The molecule has 11 heteroatoms. The van der Waals surface area contributed by atoms with E-state index in [0.717, 1.165) is 13.0 Å². The van der Waals surface area contributed by atoms with Crippen molar-refractivity contribution >= 4 is 34.5 Å². The number of rotatable bonds is 6. The number of nitrogens with one attached hydrogen (secondary N) is 1. The highest BCUT2D eigenvalue weighted by Crippen LogP contribution is 2.28. The van der Waals surface area contributed by atoms with Crippen LogP contribution in [0.25, 0.3) is 11.2 Å². The summed E-state index contributed by atoms with van der Waals surface area (Å²) in [5.41, 5.74) is 1.63. The first-order valence-corrected chi connectivity index (χ1v) is 10.9. The van der Waals surface area contributed by atoms with Gasteiger partial charge in [-0.3, -0.25) is 9.78 Å². The molecule has 1 fully saturated rings. The molecule has 0 aliphatic carbocycles. The number of aromatic nitrogens is 6. The zero-order valence-electron chi connectivity index (χ0n) is 18.7. The topological polar surface area (TPSA) is 111 Å². The van der Waals surface area contributed by atoms with Crippen LogP contribution in [0.5, 0.6) is 6.01 Å². The van der Waals surface area contributed by atoms with E-state index in [1.807, 2.05) is 0 Å². The number of pyridine rings is 1. The number of ether oxygens (including phenoxy) is 1. The van der Waals surface area contributed by atoms with Gasteiger partial charge < -0.3 is 15.0 Å². The summed E-state index contributed by atoms with van der Waals surface area (Å²) in [5, 5.41) is 12.7. The summed E-state index contributed by atoms with van der Waals surface area (Å²) in [4.78, 5) is 28.5. The Morgan fingerprint density at radius 2 is 2.12 bits per heavy atom. The molecule has 1 aliphatic rings. The normalized spacial score (nSPS) is 16.5. The molecule has 1 N–H and O–H groups in total. The maximum absolute atomic E-state index is 11.5. The van der Waals surface area contributed by atoms with Crippen LogP contribution in [0.15, 0.2) is 18.3 Å². The van der Waals surface area contributed by atoms with E-state index in [9.17, 15) is 4.79 Å². The SMILES string of the molecule is CC(=O)N[C@H]1CCN(c2nc(OCC(C)(C)C)nc3nn(Cc4ncccc4Cl)nc23)C1. The van der Waals surface area contributed by atoms with Gasteiger partial charge in [0.15, 0.2) is 11.3 Å². The summed E-state index contributed by atoms with van der Waals surface area (Å²) >= 11 is 6.25. The second-order valence-corrected chi connectivity index (χ2v) is 9.55. The van der Waals surface area contributed by atoms with Gasteiger partial charge in [-0.15, -0.1) is 10.2 Å². The van der Waals surface area contributed by atoms with Gasteiger partial charge in [-0.1, -0.05) is 32.4 Å². The van der Waals surface area contributed by atoms with Crippen LogP contribution in [-0.2, 0) is 11.3 Å². The molecule has 1 saturated heterocycles. The fourth-order valence-electron chi connectivity index (χ4n) is 3.48. The lowest BCUT2D eigenvalue weighted by molar-refractivity contribution is -0.119. The largest absolute Gasteiger partial charge is 0.463 e.